The number of carbonyl (C=O) groups is 2. The van der Waals surface area contributed by atoms with E-state index in [0.29, 0.717) is 11.4 Å². The molecule has 1 fully saturated rings. The van der Waals surface area contributed by atoms with Crippen molar-refractivity contribution in [3.8, 4) is 17.0 Å². The van der Waals surface area contributed by atoms with Crippen LogP contribution in [0.4, 0.5) is 15.8 Å². The summed E-state index contributed by atoms with van der Waals surface area (Å²) in [5, 5.41) is 9.94. The first-order chi connectivity index (χ1) is 19.0. The summed E-state index contributed by atoms with van der Waals surface area (Å²) in [6.07, 6.45) is -1.66. The normalized spacial score (nSPS) is 19.8. The number of amides is 2. The van der Waals surface area contributed by atoms with Gasteiger partial charge in [0.25, 0.3) is 0 Å². The standard InChI is InChI=1S/C30H30FN5O3/c1-32-16-28(37)35-17-20(31)14-26(35)29(38)34-22-8-10-23-25-13-19-12-21(33-2)9-11-24(19)36(25)30(39-27(23)15-22)18-6-4-3-5-7-18/h3-13,15,20,26,30,32-33H,14,16-17H2,1-2H3,(H,34,38)/t20?,26-,30?/m0/s1. The van der Waals surface area contributed by atoms with Crippen molar-refractivity contribution in [1.29, 1.82) is 0 Å². The molecule has 4 aromatic rings. The Morgan fingerprint density at radius 2 is 1.79 bits per heavy atom. The lowest BCUT2D eigenvalue weighted by molar-refractivity contribution is -0.135. The molecule has 3 heterocycles. The van der Waals surface area contributed by atoms with E-state index in [-0.39, 0.29) is 25.4 Å². The van der Waals surface area contributed by atoms with Gasteiger partial charge >= 0.3 is 0 Å². The lowest BCUT2D eigenvalue weighted by Gasteiger charge is -2.31. The van der Waals surface area contributed by atoms with E-state index in [0.717, 1.165) is 33.4 Å². The number of hydrogen-bond donors (Lipinski definition) is 3. The van der Waals surface area contributed by atoms with Crippen molar-refractivity contribution < 1.29 is 18.7 Å². The highest BCUT2D eigenvalue weighted by Gasteiger charge is 2.39. The number of halogens is 1. The molecular formula is C30H30FN5O3. The first kappa shape index (κ1) is 24.9. The molecule has 2 amide bonds. The number of alkyl halides is 1. The topological polar surface area (TPSA) is 87.6 Å². The maximum Gasteiger partial charge on any atom is 0.247 e. The molecule has 8 nitrogen and oxygen atoms in total. The van der Waals surface area contributed by atoms with Crippen LogP contribution in [0, 0.1) is 0 Å². The second kappa shape index (κ2) is 10.1. The number of carbonyl (C=O) groups excluding carboxylic acids is 2. The smallest absolute Gasteiger partial charge is 0.247 e. The molecule has 2 aliphatic rings. The molecular weight excluding hydrogens is 497 g/mol. The Balaban J connectivity index is 1.35. The summed E-state index contributed by atoms with van der Waals surface area (Å²) >= 11 is 0. The zero-order chi connectivity index (χ0) is 27.1. The minimum absolute atomic E-state index is 0.0203. The molecule has 1 saturated heterocycles. The molecule has 0 radical (unpaired) electrons. The Bertz CT molecular complexity index is 1550. The minimum atomic E-state index is -1.23. The summed E-state index contributed by atoms with van der Waals surface area (Å²) in [4.78, 5) is 26.9. The van der Waals surface area contributed by atoms with Crippen LogP contribution >= 0.6 is 0 Å². The Hall–Kier alpha value is -4.37. The Morgan fingerprint density at radius 3 is 2.56 bits per heavy atom. The number of hydrogen-bond acceptors (Lipinski definition) is 5. The van der Waals surface area contributed by atoms with Gasteiger partial charge < -0.3 is 30.2 Å². The number of fused-ring (bicyclic) bond motifs is 5. The van der Waals surface area contributed by atoms with E-state index in [1.165, 1.54) is 4.90 Å². The van der Waals surface area contributed by atoms with Gasteiger partial charge in [0.05, 0.1) is 24.3 Å². The molecule has 39 heavy (non-hydrogen) atoms. The van der Waals surface area contributed by atoms with Crippen LogP contribution < -0.4 is 20.7 Å². The number of nitrogens with zero attached hydrogens (tertiary/aromatic N) is 2. The average molecular weight is 528 g/mol. The van der Waals surface area contributed by atoms with Crippen LogP contribution in [0.5, 0.6) is 5.75 Å². The first-order valence-corrected chi connectivity index (χ1v) is 13.0. The quantitative estimate of drug-likeness (QED) is 0.346. The van der Waals surface area contributed by atoms with E-state index < -0.39 is 24.3 Å². The van der Waals surface area contributed by atoms with Crippen molar-refractivity contribution in [2.24, 2.45) is 0 Å². The number of rotatable bonds is 6. The molecule has 9 heteroatoms. The van der Waals surface area contributed by atoms with E-state index in [1.54, 1.807) is 13.1 Å². The molecule has 3 atom stereocenters. The number of benzene rings is 3. The summed E-state index contributed by atoms with van der Waals surface area (Å²) in [7, 11) is 3.54. The third-order valence-corrected chi connectivity index (χ3v) is 7.41. The predicted octanol–water partition coefficient (Wildman–Crippen LogP) is 4.39. The Morgan fingerprint density at radius 1 is 1.00 bits per heavy atom. The highest BCUT2D eigenvalue weighted by atomic mass is 19.1. The largest absolute Gasteiger partial charge is 0.465 e. The summed E-state index contributed by atoms with van der Waals surface area (Å²) in [6, 6.07) is 23.1. The van der Waals surface area contributed by atoms with Crippen molar-refractivity contribution in [3.63, 3.8) is 0 Å². The van der Waals surface area contributed by atoms with Crippen LogP contribution in [0.2, 0.25) is 0 Å². The predicted molar refractivity (Wildman–Crippen MR) is 150 cm³/mol. The van der Waals surface area contributed by atoms with Crippen LogP contribution in [-0.2, 0) is 9.59 Å². The molecule has 200 valence electrons. The molecule has 3 N–H and O–H groups in total. The van der Waals surface area contributed by atoms with Gasteiger partial charge in [-0.1, -0.05) is 30.3 Å². The SMILES string of the molecule is CNCC(=O)N1CC(F)C[C@H]1C(=O)Nc1ccc2c(c1)OC(c1ccccc1)n1c-2cc2cc(NC)ccc21. The molecule has 3 aromatic carbocycles. The molecule has 0 spiro atoms. The summed E-state index contributed by atoms with van der Waals surface area (Å²) in [5.41, 5.74) is 5.49. The fourth-order valence-electron chi connectivity index (χ4n) is 5.56. The Kier molecular flexibility index (Phi) is 6.44. The summed E-state index contributed by atoms with van der Waals surface area (Å²) in [6.45, 7) is -0.0294. The monoisotopic (exact) mass is 527 g/mol. The van der Waals surface area contributed by atoms with Crippen LogP contribution in [0.25, 0.3) is 22.2 Å². The van der Waals surface area contributed by atoms with Gasteiger partial charge in [-0.3, -0.25) is 9.59 Å². The van der Waals surface area contributed by atoms with Gasteiger partial charge in [0, 0.05) is 47.4 Å². The van der Waals surface area contributed by atoms with Crippen molar-refractivity contribution >= 4 is 34.1 Å². The van der Waals surface area contributed by atoms with E-state index in [4.69, 9.17) is 4.74 Å². The minimum Gasteiger partial charge on any atom is -0.465 e. The molecule has 1 aromatic heterocycles. The van der Waals surface area contributed by atoms with Crippen LogP contribution in [0.3, 0.4) is 0 Å². The van der Waals surface area contributed by atoms with Gasteiger partial charge in [-0.15, -0.1) is 0 Å². The van der Waals surface area contributed by atoms with Gasteiger partial charge in [-0.25, -0.2) is 4.39 Å². The average Bonchev–Trinajstić information content (AvgIpc) is 3.53. The van der Waals surface area contributed by atoms with Gasteiger partial charge in [-0.05, 0) is 43.4 Å². The zero-order valence-electron chi connectivity index (χ0n) is 21.8. The number of aromatic nitrogens is 1. The maximum absolute atomic E-state index is 14.2. The molecule has 2 unspecified atom stereocenters. The highest BCUT2D eigenvalue weighted by molar-refractivity contribution is 5.99. The fraction of sp³-hybridized carbons (Fsp3) is 0.267. The van der Waals surface area contributed by atoms with Crippen LogP contribution in [-0.4, -0.2) is 60.7 Å². The lowest BCUT2D eigenvalue weighted by atomic mass is 10.1. The van der Waals surface area contributed by atoms with E-state index in [1.807, 2.05) is 55.6 Å². The van der Waals surface area contributed by atoms with Crippen molar-refractivity contribution in [2.75, 3.05) is 37.8 Å². The van der Waals surface area contributed by atoms with Gasteiger partial charge in [0.2, 0.25) is 18.0 Å². The molecule has 6 rings (SSSR count). The number of likely N-dealkylation sites (tertiary alicyclic amines) is 1. The lowest BCUT2D eigenvalue weighted by Crippen LogP contribution is -2.46. The third-order valence-electron chi connectivity index (χ3n) is 7.41. The Labute approximate surface area is 225 Å². The van der Waals surface area contributed by atoms with E-state index in [2.05, 4.69) is 38.7 Å². The number of nitrogens with one attached hydrogen (secondary N) is 3. The van der Waals surface area contributed by atoms with Crippen molar-refractivity contribution in [3.05, 3.63) is 78.4 Å². The second-order valence-corrected chi connectivity index (χ2v) is 9.93. The maximum atomic E-state index is 14.2. The van der Waals surface area contributed by atoms with E-state index >= 15 is 0 Å². The van der Waals surface area contributed by atoms with Crippen molar-refractivity contribution in [2.45, 2.75) is 24.9 Å². The van der Waals surface area contributed by atoms with Gasteiger partial charge in [-0.2, -0.15) is 0 Å². The number of ether oxygens (including phenoxy) is 1. The molecule has 0 saturated carbocycles. The molecule has 0 bridgehead atoms. The fourth-order valence-corrected chi connectivity index (χ4v) is 5.56. The van der Waals surface area contributed by atoms with Crippen molar-refractivity contribution in [1.82, 2.24) is 14.8 Å². The summed E-state index contributed by atoms with van der Waals surface area (Å²) in [5.74, 6) is -0.0843. The molecule has 2 aliphatic heterocycles. The highest BCUT2D eigenvalue weighted by Crippen LogP contribution is 2.45. The van der Waals surface area contributed by atoms with Crippen LogP contribution in [0.1, 0.15) is 18.2 Å². The first-order valence-electron chi connectivity index (χ1n) is 13.0. The van der Waals surface area contributed by atoms with Gasteiger partial charge in [0.15, 0.2) is 0 Å². The zero-order valence-corrected chi connectivity index (χ0v) is 21.8. The molecule has 0 aliphatic carbocycles. The number of likely N-dealkylation sites (N-methyl/N-ethyl adjacent to an activating group) is 1. The van der Waals surface area contributed by atoms with Crippen LogP contribution in [0.15, 0.2) is 72.8 Å². The van der Waals surface area contributed by atoms with E-state index in [9.17, 15) is 14.0 Å². The summed E-state index contributed by atoms with van der Waals surface area (Å²) < 4.78 is 23.0. The van der Waals surface area contributed by atoms with Gasteiger partial charge in [0.1, 0.15) is 18.0 Å². The second-order valence-electron chi connectivity index (χ2n) is 9.93. The number of anilines is 2. The third kappa shape index (κ3) is 4.48.